The van der Waals surface area contributed by atoms with Crippen molar-refractivity contribution in [1.82, 2.24) is 0 Å². The van der Waals surface area contributed by atoms with Gasteiger partial charge < -0.3 is 18.9 Å². The first kappa shape index (κ1) is 18.7. The van der Waals surface area contributed by atoms with Crippen LogP contribution in [0, 0.1) is 0 Å². The number of hydrogen-bond donors (Lipinski definition) is 0. The third kappa shape index (κ3) is 2.89. The van der Waals surface area contributed by atoms with Gasteiger partial charge >= 0.3 is 0 Å². The molecule has 0 bridgehead atoms. The predicted molar refractivity (Wildman–Crippen MR) is 117 cm³/mol. The lowest BCUT2D eigenvalue weighted by molar-refractivity contribution is 0.394. The van der Waals surface area contributed by atoms with E-state index in [0.29, 0.717) is 11.5 Å². The summed E-state index contributed by atoms with van der Waals surface area (Å²) in [7, 11) is 6.70. The molecular weight excluding hydrogens is 392 g/mol. The molecule has 144 valence electrons. The van der Waals surface area contributed by atoms with Crippen LogP contribution < -0.4 is 18.9 Å². The molecular formula is C22H20O4S2. The Bertz CT molecular complexity index is 1010. The van der Waals surface area contributed by atoms with Crippen molar-refractivity contribution in [3.05, 3.63) is 47.2 Å². The first-order chi connectivity index (χ1) is 13.7. The molecule has 0 amide bonds. The maximum atomic E-state index is 5.87. The zero-order valence-corrected chi connectivity index (χ0v) is 17.7. The number of hydrogen-bond acceptors (Lipinski definition) is 6. The molecule has 0 unspecified atom stereocenters. The second-order valence-corrected chi connectivity index (χ2v) is 7.92. The van der Waals surface area contributed by atoms with E-state index in [2.05, 4.69) is 12.1 Å². The van der Waals surface area contributed by atoms with Crippen molar-refractivity contribution in [1.29, 1.82) is 0 Å². The summed E-state index contributed by atoms with van der Waals surface area (Å²) in [5, 5.41) is 5.77. The van der Waals surface area contributed by atoms with Gasteiger partial charge in [0.2, 0.25) is 0 Å². The van der Waals surface area contributed by atoms with Gasteiger partial charge in [-0.2, -0.15) is 0 Å². The normalized spacial score (nSPS) is 10.9. The number of ether oxygens (including phenoxy) is 4. The van der Waals surface area contributed by atoms with Crippen LogP contribution in [-0.2, 0) is 0 Å². The van der Waals surface area contributed by atoms with E-state index >= 15 is 0 Å². The average Bonchev–Trinajstić information content (AvgIpc) is 3.45. The minimum atomic E-state index is 0.716. The fourth-order valence-electron chi connectivity index (χ4n) is 3.48. The Hall–Kier alpha value is -2.70. The minimum Gasteiger partial charge on any atom is -0.496 e. The lowest BCUT2D eigenvalue weighted by Gasteiger charge is -2.20. The topological polar surface area (TPSA) is 36.9 Å². The molecule has 0 fully saturated rings. The summed E-state index contributed by atoms with van der Waals surface area (Å²) in [4.78, 5) is 2.20. The maximum absolute atomic E-state index is 5.87. The highest BCUT2D eigenvalue weighted by Gasteiger charge is 2.25. The van der Waals surface area contributed by atoms with Crippen LogP contribution in [-0.4, -0.2) is 28.4 Å². The number of fused-ring (bicyclic) bond motifs is 1. The standard InChI is InChI=1S/C22H20O4S2/c1-23-15-11-13(17-7-5-9-27-17)22(26-4)20-16(24-2)12-14(18-8-6-10-28-18)21(25-3)19(15)20/h5-12H,1-4H3. The van der Waals surface area contributed by atoms with Crippen LogP contribution in [0.25, 0.3) is 31.7 Å². The second-order valence-electron chi connectivity index (χ2n) is 6.02. The van der Waals surface area contributed by atoms with Gasteiger partial charge in [0.15, 0.2) is 0 Å². The fraction of sp³-hybridized carbons (Fsp3) is 0.182. The Balaban J connectivity index is 2.18. The minimum absolute atomic E-state index is 0.716. The lowest BCUT2D eigenvalue weighted by Crippen LogP contribution is -1.99. The van der Waals surface area contributed by atoms with Crippen LogP contribution in [0.1, 0.15) is 0 Å². The van der Waals surface area contributed by atoms with Gasteiger partial charge in [-0.3, -0.25) is 0 Å². The predicted octanol–water partition coefficient (Wildman–Crippen LogP) is 6.33. The van der Waals surface area contributed by atoms with Gasteiger partial charge in [-0.25, -0.2) is 0 Å². The molecule has 2 aromatic heterocycles. The first-order valence-corrected chi connectivity index (χ1v) is 10.4. The van der Waals surface area contributed by atoms with Crippen molar-refractivity contribution >= 4 is 33.4 Å². The van der Waals surface area contributed by atoms with Gasteiger partial charge in [0, 0.05) is 20.9 Å². The summed E-state index contributed by atoms with van der Waals surface area (Å²) in [5.41, 5.74) is 1.93. The molecule has 0 aliphatic carbocycles. The summed E-state index contributed by atoms with van der Waals surface area (Å²) in [5.74, 6) is 2.91. The van der Waals surface area contributed by atoms with E-state index in [4.69, 9.17) is 18.9 Å². The summed E-state index contributed by atoms with van der Waals surface area (Å²) in [6, 6.07) is 12.2. The number of methoxy groups -OCH3 is 4. The molecule has 4 aromatic rings. The van der Waals surface area contributed by atoms with Gasteiger partial charge in [-0.1, -0.05) is 12.1 Å². The van der Waals surface area contributed by atoms with Gasteiger partial charge in [-0.05, 0) is 35.0 Å². The molecule has 6 heteroatoms. The molecule has 4 nitrogen and oxygen atoms in total. The van der Waals surface area contributed by atoms with E-state index < -0.39 is 0 Å². The van der Waals surface area contributed by atoms with Crippen LogP contribution >= 0.6 is 22.7 Å². The van der Waals surface area contributed by atoms with Gasteiger partial charge in [0.05, 0.1) is 39.2 Å². The highest BCUT2D eigenvalue weighted by Crippen LogP contribution is 2.53. The molecule has 0 aliphatic rings. The first-order valence-electron chi connectivity index (χ1n) is 8.64. The van der Waals surface area contributed by atoms with Gasteiger partial charge in [-0.15, -0.1) is 22.7 Å². The SMILES string of the molecule is COc1cc(-c2cccs2)c(OC)c2c(OC)cc(-c3cccs3)c(OC)c12. The van der Waals surface area contributed by atoms with Gasteiger partial charge in [0.25, 0.3) is 0 Å². The van der Waals surface area contributed by atoms with Crippen LogP contribution in [0.4, 0.5) is 0 Å². The summed E-state index contributed by atoms with van der Waals surface area (Å²) in [6.07, 6.45) is 0. The Kier molecular flexibility index (Phi) is 5.15. The third-order valence-corrected chi connectivity index (χ3v) is 6.46. The average molecular weight is 413 g/mol. The summed E-state index contributed by atoms with van der Waals surface area (Å²) in [6.45, 7) is 0. The molecule has 0 aliphatic heterocycles. The van der Waals surface area contributed by atoms with Crippen LogP contribution in [0.3, 0.4) is 0 Å². The van der Waals surface area contributed by atoms with Gasteiger partial charge in [0.1, 0.15) is 23.0 Å². The number of rotatable bonds is 6. The van der Waals surface area contributed by atoms with E-state index in [1.165, 1.54) is 0 Å². The van der Waals surface area contributed by atoms with Crippen molar-refractivity contribution in [3.63, 3.8) is 0 Å². The molecule has 2 heterocycles. The van der Waals surface area contributed by atoms with Crippen molar-refractivity contribution < 1.29 is 18.9 Å². The molecule has 0 atom stereocenters. The van der Waals surface area contributed by atoms with E-state index in [1.54, 1.807) is 51.1 Å². The Morgan fingerprint density at radius 2 is 1.04 bits per heavy atom. The molecule has 0 saturated carbocycles. The van der Waals surface area contributed by atoms with E-state index in [-0.39, 0.29) is 0 Å². The lowest BCUT2D eigenvalue weighted by atomic mass is 9.97. The van der Waals surface area contributed by atoms with Crippen molar-refractivity contribution in [2.24, 2.45) is 0 Å². The molecule has 2 aromatic carbocycles. The zero-order valence-electron chi connectivity index (χ0n) is 16.1. The summed E-state index contributed by atoms with van der Waals surface area (Å²) >= 11 is 3.30. The summed E-state index contributed by atoms with van der Waals surface area (Å²) < 4.78 is 23.3. The highest BCUT2D eigenvalue weighted by molar-refractivity contribution is 7.13. The Morgan fingerprint density at radius 3 is 1.32 bits per heavy atom. The third-order valence-electron chi connectivity index (χ3n) is 4.66. The number of benzene rings is 2. The van der Waals surface area contributed by atoms with Crippen LogP contribution in [0.5, 0.6) is 23.0 Å². The van der Waals surface area contributed by atoms with Crippen LogP contribution in [0.15, 0.2) is 47.2 Å². The largest absolute Gasteiger partial charge is 0.496 e. The Labute approximate surface area is 171 Å². The molecule has 28 heavy (non-hydrogen) atoms. The van der Waals surface area contributed by atoms with E-state index in [9.17, 15) is 0 Å². The van der Waals surface area contributed by atoms with E-state index in [1.807, 2.05) is 35.0 Å². The van der Waals surface area contributed by atoms with E-state index in [0.717, 1.165) is 43.2 Å². The van der Waals surface area contributed by atoms with Crippen molar-refractivity contribution in [3.8, 4) is 43.9 Å². The monoisotopic (exact) mass is 412 g/mol. The molecule has 4 rings (SSSR count). The zero-order chi connectivity index (χ0) is 19.7. The quantitative estimate of drug-likeness (QED) is 0.371. The Morgan fingerprint density at radius 1 is 0.607 bits per heavy atom. The molecule has 0 radical (unpaired) electrons. The fourth-order valence-corrected chi connectivity index (χ4v) is 4.96. The maximum Gasteiger partial charge on any atom is 0.139 e. The smallest absolute Gasteiger partial charge is 0.139 e. The number of thiophene rings is 2. The van der Waals surface area contributed by atoms with Crippen LogP contribution in [0.2, 0.25) is 0 Å². The highest BCUT2D eigenvalue weighted by atomic mass is 32.1. The molecule has 0 N–H and O–H groups in total. The van der Waals surface area contributed by atoms with Crippen molar-refractivity contribution in [2.45, 2.75) is 0 Å². The second kappa shape index (κ2) is 7.73. The molecule has 0 spiro atoms. The molecule has 0 saturated heterocycles. The van der Waals surface area contributed by atoms with Crippen molar-refractivity contribution in [2.75, 3.05) is 28.4 Å².